The molecule has 0 saturated heterocycles. The van der Waals surface area contributed by atoms with Crippen LogP contribution in [0.2, 0.25) is 0 Å². The maximum absolute atomic E-state index is 10.7. The number of rotatable bonds is 3. The molecular formula is C7H10INO2. The lowest BCUT2D eigenvalue weighted by molar-refractivity contribution is 0.147. The molecule has 0 heterocycles. The van der Waals surface area contributed by atoms with Gasteiger partial charge in [0.05, 0.1) is 13.2 Å². The fraction of sp³-hybridized carbons (Fsp3) is 0.571. The minimum Gasteiger partial charge on any atom is -0.450 e. The van der Waals surface area contributed by atoms with Crippen LogP contribution in [-0.4, -0.2) is 19.2 Å². The fourth-order valence-corrected chi connectivity index (χ4v) is 0.586. The molecule has 0 spiro atoms. The third-order valence-corrected chi connectivity index (χ3v) is 1.21. The highest BCUT2D eigenvalue weighted by atomic mass is 127. The molecule has 0 fully saturated rings. The van der Waals surface area contributed by atoms with Gasteiger partial charge >= 0.3 is 6.09 Å². The second kappa shape index (κ2) is 7.66. The minimum absolute atomic E-state index is 0.353. The Morgan fingerprint density at radius 1 is 1.73 bits per heavy atom. The summed E-state index contributed by atoms with van der Waals surface area (Å²) < 4.78 is 7.35. The molecule has 0 aliphatic carbocycles. The number of halogens is 1. The Morgan fingerprint density at radius 2 is 2.45 bits per heavy atom. The van der Waals surface area contributed by atoms with Crippen molar-refractivity contribution in [3.05, 3.63) is 0 Å². The van der Waals surface area contributed by atoms with Gasteiger partial charge < -0.3 is 10.1 Å². The topological polar surface area (TPSA) is 38.3 Å². The molecular weight excluding hydrogens is 257 g/mol. The van der Waals surface area contributed by atoms with E-state index in [1.807, 2.05) is 29.5 Å². The van der Waals surface area contributed by atoms with Gasteiger partial charge in [0.1, 0.15) is 0 Å². The molecule has 1 amide bonds. The molecule has 0 aromatic rings. The van der Waals surface area contributed by atoms with Crippen molar-refractivity contribution in [3.63, 3.8) is 0 Å². The van der Waals surface area contributed by atoms with Crippen LogP contribution in [0.1, 0.15) is 13.3 Å². The highest BCUT2D eigenvalue weighted by molar-refractivity contribution is 14.1. The van der Waals surface area contributed by atoms with Gasteiger partial charge in [-0.2, -0.15) is 0 Å². The number of carbonyl (C=O) groups excluding carboxylic acids is 1. The van der Waals surface area contributed by atoms with Gasteiger partial charge in [-0.3, -0.25) is 0 Å². The van der Waals surface area contributed by atoms with Gasteiger partial charge in [0, 0.05) is 22.6 Å². The molecule has 0 bridgehead atoms. The van der Waals surface area contributed by atoms with Crippen molar-refractivity contribution in [1.82, 2.24) is 5.32 Å². The molecule has 0 saturated carbocycles. The Labute approximate surface area is 80.0 Å². The number of ether oxygens (including phenoxy) is 1. The largest absolute Gasteiger partial charge is 0.450 e. The predicted octanol–water partition coefficient (Wildman–Crippen LogP) is 1.52. The Bertz CT molecular complexity index is 171. The summed E-state index contributed by atoms with van der Waals surface area (Å²) in [7, 11) is 0. The van der Waals surface area contributed by atoms with Crippen molar-refractivity contribution in [2.75, 3.05) is 13.2 Å². The van der Waals surface area contributed by atoms with Crippen LogP contribution < -0.4 is 5.32 Å². The lowest BCUT2D eigenvalue weighted by Gasteiger charge is -2.01. The first-order chi connectivity index (χ1) is 5.31. The molecule has 0 radical (unpaired) electrons. The van der Waals surface area contributed by atoms with Crippen molar-refractivity contribution in [2.45, 2.75) is 13.3 Å². The standard InChI is InChI=1S/C7H10INO2/c1-2-6-11-7(10)9-5-3-4-8/h2,5-6H2,1H3,(H,9,10). The number of nitrogens with one attached hydrogen (secondary N) is 1. The lowest BCUT2D eigenvalue weighted by atomic mass is 10.5. The summed E-state index contributed by atoms with van der Waals surface area (Å²) in [5.41, 5.74) is 0. The van der Waals surface area contributed by atoms with Crippen LogP contribution >= 0.6 is 22.6 Å². The Hall–Kier alpha value is -0.440. The van der Waals surface area contributed by atoms with Crippen LogP contribution in [0.25, 0.3) is 0 Å². The molecule has 0 aliphatic rings. The van der Waals surface area contributed by atoms with Crippen molar-refractivity contribution < 1.29 is 9.53 Å². The first-order valence-corrected chi connectivity index (χ1v) is 4.38. The van der Waals surface area contributed by atoms with Crippen molar-refractivity contribution in [3.8, 4) is 9.85 Å². The molecule has 11 heavy (non-hydrogen) atoms. The number of carbonyl (C=O) groups is 1. The first kappa shape index (κ1) is 10.6. The molecule has 0 aromatic carbocycles. The van der Waals surface area contributed by atoms with Crippen LogP contribution in [0.3, 0.4) is 0 Å². The third-order valence-electron chi connectivity index (χ3n) is 0.825. The predicted molar refractivity (Wildman–Crippen MR) is 51.4 cm³/mol. The second-order valence-corrected chi connectivity index (χ2v) is 2.30. The van der Waals surface area contributed by atoms with Crippen LogP contribution in [-0.2, 0) is 4.74 Å². The summed E-state index contributed by atoms with van der Waals surface area (Å²) in [5.74, 6) is 2.68. The van der Waals surface area contributed by atoms with E-state index in [4.69, 9.17) is 4.74 Å². The van der Waals surface area contributed by atoms with Gasteiger partial charge in [0.2, 0.25) is 0 Å². The zero-order valence-corrected chi connectivity index (χ0v) is 8.47. The van der Waals surface area contributed by atoms with E-state index in [0.29, 0.717) is 13.2 Å². The maximum atomic E-state index is 10.7. The van der Waals surface area contributed by atoms with Gasteiger partial charge in [-0.05, 0) is 10.3 Å². The molecule has 0 aromatic heterocycles. The Kier molecular flexibility index (Phi) is 7.36. The van der Waals surface area contributed by atoms with Gasteiger partial charge in [0.25, 0.3) is 0 Å². The Balaban J connectivity index is 3.27. The average molecular weight is 267 g/mol. The molecule has 62 valence electrons. The number of amides is 1. The van der Waals surface area contributed by atoms with Crippen molar-refractivity contribution in [1.29, 1.82) is 0 Å². The van der Waals surface area contributed by atoms with Gasteiger partial charge in [-0.15, -0.1) is 0 Å². The van der Waals surface area contributed by atoms with E-state index in [-0.39, 0.29) is 0 Å². The summed E-state index contributed by atoms with van der Waals surface area (Å²) in [6.45, 7) is 2.76. The maximum Gasteiger partial charge on any atom is 0.407 e. The van der Waals surface area contributed by atoms with E-state index in [9.17, 15) is 4.79 Å². The summed E-state index contributed by atoms with van der Waals surface area (Å²) in [5, 5.41) is 2.48. The van der Waals surface area contributed by atoms with E-state index < -0.39 is 6.09 Å². The highest BCUT2D eigenvalue weighted by Crippen LogP contribution is 1.80. The molecule has 0 atom stereocenters. The smallest absolute Gasteiger partial charge is 0.407 e. The van der Waals surface area contributed by atoms with Crippen molar-refractivity contribution in [2.24, 2.45) is 0 Å². The minimum atomic E-state index is -0.397. The van der Waals surface area contributed by atoms with E-state index in [2.05, 4.69) is 15.2 Å². The molecule has 0 aliphatic heterocycles. The fourth-order valence-electron chi connectivity index (χ4n) is 0.396. The van der Waals surface area contributed by atoms with Crippen molar-refractivity contribution >= 4 is 28.7 Å². The van der Waals surface area contributed by atoms with E-state index in [1.54, 1.807) is 0 Å². The summed E-state index contributed by atoms with van der Waals surface area (Å²) in [6, 6.07) is 0. The molecule has 1 N–H and O–H groups in total. The monoisotopic (exact) mass is 267 g/mol. The Morgan fingerprint density at radius 3 is 3.00 bits per heavy atom. The first-order valence-electron chi connectivity index (χ1n) is 3.30. The zero-order valence-electron chi connectivity index (χ0n) is 6.32. The SMILES string of the molecule is CCCOC(=O)NCC#CI. The average Bonchev–Trinajstić information content (AvgIpc) is 2.01. The van der Waals surface area contributed by atoms with Crippen LogP contribution in [0.5, 0.6) is 0 Å². The number of alkyl carbamates (subject to hydrolysis) is 1. The highest BCUT2D eigenvalue weighted by Gasteiger charge is 1.96. The van der Waals surface area contributed by atoms with Gasteiger partial charge in [-0.1, -0.05) is 12.8 Å². The summed E-state index contributed by atoms with van der Waals surface area (Å²) >= 11 is 1.91. The van der Waals surface area contributed by atoms with Crippen LogP contribution in [0, 0.1) is 9.85 Å². The van der Waals surface area contributed by atoms with Gasteiger partial charge in [0.15, 0.2) is 0 Å². The number of hydrogen-bond donors (Lipinski definition) is 1. The van der Waals surface area contributed by atoms with E-state index >= 15 is 0 Å². The van der Waals surface area contributed by atoms with E-state index in [0.717, 1.165) is 6.42 Å². The summed E-state index contributed by atoms with van der Waals surface area (Å²) in [4.78, 5) is 10.7. The number of hydrogen-bond acceptors (Lipinski definition) is 2. The zero-order chi connectivity index (χ0) is 8.53. The lowest BCUT2D eigenvalue weighted by Crippen LogP contribution is -2.24. The molecule has 3 nitrogen and oxygen atoms in total. The molecule has 0 unspecified atom stereocenters. The van der Waals surface area contributed by atoms with Crippen LogP contribution in [0.4, 0.5) is 4.79 Å². The normalized spacial score (nSPS) is 7.82. The molecule has 4 heteroatoms. The molecule has 0 rings (SSSR count). The second-order valence-electron chi connectivity index (χ2n) is 1.76. The van der Waals surface area contributed by atoms with Gasteiger partial charge in [-0.25, -0.2) is 4.79 Å². The quantitative estimate of drug-likeness (QED) is 0.622. The third kappa shape index (κ3) is 7.46. The van der Waals surface area contributed by atoms with Crippen LogP contribution in [0.15, 0.2) is 0 Å². The summed E-state index contributed by atoms with van der Waals surface area (Å²) in [6.07, 6.45) is 0.441. The van der Waals surface area contributed by atoms with E-state index in [1.165, 1.54) is 0 Å².